The number of hydrogen-bond donors (Lipinski definition) is 2. The van der Waals surface area contributed by atoms with Crippen molar-refractivity contribution >= 4 is 23.2 Å². The molecule has 3 atom stereocenters. The number of ether oxygens (including phenoxy) is 1. The summed E-state index contributed by atoms with van der Waals surface area (Å²) in [6.07, 6.45) is 2.60. The van der Waals surface area contributed by atoms with E-state index in [2.05, 4.69) is 10.3 Å². The number of hydrogen-bond acceptors (Lipinski definition) is 6. The van der Waals surface area contributed by atoms with Crippen molar-refractivity contribution in [3.05, 3.63) is 16.6 Å². The highest BCUT2D eigenvalue weighted by Crippen LogP contribution is 2.42. The van der Waals surface area contributed by atoms with Gasteiger partial charge in [-0.25, -0.2) is 4.98 Å². The Balaban J connectivity index is 2.37. The maximum atomic E-state index is 12.9. The molecule has 0 spiro atoms. The van der Waals surface area contributed by atoms with Crippen LogP contribution in [0.4, 0.5) is 0 Å². The van der Waals surface area contributed by atoms with Gasteiger partial charge < -0.3 is 10.5 Å². The Morgan fingerprint density at radius 1 is 1.50 bits per heavy atom. The number of aromatic nitrogens is 1. The number of nitrogens with one attached hydrogen (secondary N) is 1. The Morgan fingerprint density at radius 3 is 2.62 bits per heavy atom. The molecule has 3 unspecified atom stereocenters. The van der Waals surface area contributed by atoms with Gasteiger partial charge >= 0.3 is 5.97 Å². The standard InChI is InChI=1S/C17H27N3O3S/c1-10(2)8-17(15(22)23-16(3,4)5)9-11(13(18)21)12(20-17)14-19-6-7-24-14/h6-7,10-12,20H,8-9H2,1-5H3,(H2,18,21). The molecule has 2 heterocycles. The molecule has 7 heteroatoms. The van der Waals surface area contributed by atoms with Gasteiger partial charge in [0.2, 0.25) is 5.91 Å². The van der Waals surface area contributed by atoms with Gasteiger partial charge in [-0.1, -0.05) is 13.8 Å². The second-order valence-electron chi connectivity index (χ2n) is 7.89. The van der Waals surface area contributed by atoms with Crippen LogP contribution in [-0.2, 0) is 14.3 Å². The molecule has 1 saturated heterocycles. The number of nitrogens with zero attached hydrogens (tertiary/aromatic N) is 1. The Labute approximate surface area is 147 Å². The zero-order valence-electron chi connectivity index (χ0n) is 15.0. The van der Waals surface area contributed by atoms with Crippen molar-refractivity contribution in [1.29, 1.82) is 0 Å². The molecule has 6 nitrogen and oxygen atoms in total. The molecule has 1 aromatic rings. The van der Waals surface area contributed by atoms with Crippen LogP contribution in [0.3, 0.4) is 0 Å². The first-order valence-electron chi connectivity index (χ1n) is 8.24. The fourth-order valence-electron chi connectivity index (χ4n) is 3.28. The van der Waals surface area contributed by atoms with Crippen LogP contribution in [-0.4, -0.2) is 28.0 Å². The Kier molecular flexibility index (Phi) is 5.34. The molecule has 3 N–H and O–H groups in total. The summed E-state index contributed by atoms with van der Waals surface area (Å²) < 4.78 is 5.65. The minimum absolute atomic E-state index is 0.258. The summed E-state index contributed by atoms with van der Waals surface area (Å²) in [5.74, 6) is -0.970. The zero-order chi connectivity index (χ0) is 18.1. The third-order valence-corrected chi connectivity index (χ3v) is 4.89. The average Bonchev–Trinajstić information content (AvgIpc) is 3.02. The summed E-state index contributed by atoms with van der Waals surface area (Å²) in [6.45, 7) is 9.61. The van der Waals surface area contributed by atoms with Gasteiger partial charge in [-0.2, -0.15) is 0 Å². The van der Waals surface area contributed by atoms with Crippen LogP contribution in [0.5, 0.6) is 0 Å². The number of rotatable bonds is 5. The molecule has 0 aliphatic carbocycles. The topological polar surface area (TPSA) is 94.3 Å². The number of carbonyl (C=O) groups is 2. The van der Waals surface area contributed by atoms with E-state index in [1.807, 2.05) is 40.0 Å². The molecular formula is C17H27N3O3S. The van der Waals surface area contributed by atoms with Crippen LogP contribution in [0.2, 0.25) is 0 Å². The van der Waals surface area contributed by atoms with Crippen LogP contribution in [0.15, 0.2) is 11.6 Å². The molecule has 1 aliphatic rings. The van der Waals surface area contributed by atoms with E-state index in [1.54, 1.807) is 6.20 Å². The lowest BCUT2D eigenvalue weighted by Gasteiger charge is -2.33. The van der Waals surface area contributed by atoms with Crippen LogP contribution in [0, 0.1) is 11.8 Å². The number of thiazole rings is 1. The summed E-state index contributed by atoms with van der Waals surface area (Å²) in [5, 5.41) is 5.99. The van der Waals surface area contributed by atoms with E-state index >= 15 is 0 Å². The van der Waals surface area contributed by atoms with Gasteiger partial charge in [0, 0.05) is 11.6 Å². The second-order valence-corrected chi connectivity index (χ2v) is 8.81. The third-order valence-electron chi connectivity index (χ3n) is 4.03. The van der Waals surface area contributed by atoms with E-state index in [4.69, 9.17) is 10.5 Å². The molecule has 24 heavy (non-hydrogen) atoms. The summed E-state index contributed by atoms with van der Waals surface area (Å²) >= 11 is 1.45. The minimum atomic E-state index is -0.919. The van der Waals surface area contributed by atoms with Crippen LogP contribution >= 0.6 is 11.3 Å². The van der Waals surface area contributed by atoms with Crippen LogP contribution < -0.4 is 11.1 Å². The van der Waals surface area contributed by atoms with Crippen molar-refractivity contribution in [2.24, 2.45) is 17.6 Å². The van der Waals surface area contributed by atoms with E-state index in [1.165, 1.54) is 11.3 Å². The molecule has 1 aromatic heterocycles. The third kappa shape index (κ3) is 4.13. The molecule has 0 bridgehead atoms. The lowest BCUT2D eigenvalue weighted by molar-refractivity contribution is -0.163. The fraction of sp³-hybridized carbons (Fsp3) is 0.706. The molecule has 1 aliphatic heterocycles. The largest absolute Gasteiger partial charge is 0.459 e. The van der Waals surface area contributed by atoms with Gasteiger partial charge in [0.05, 0.1) is 12.0 Å². The predicted octanol–water partition coefficient (Wildman–Crippen LogP) is 2.41. The lowest BCUT2D eigenvalue weighted by atomic mass is 9.84. The van der Waals surface area contributed by atoms with Crippen molar-refractivity contribution in [1.82, 2.24) is 10.3 Å². The van der Waals surface area contributed by atoms with Gasteiger partial charge in [-0.3, -0.25) is 14.9 Å². The van der Waals surface area contributed by atoms with Gasteiger partial charge in [-0.15, -0.1) is 11.3 Å². The number of amides is 1. The number of carbonyl (C=O) groups excluding carboxylic acids is 2. The SMILES string of the molecule is CC(C)CC1(C(=O)OC(C)(C)C)CC(C(N)=O)C(c2nccs2)N1. The van der Waals surface area contributed by atoms with Gasteiger partial charge in [0.15, 0.2) is 0 Å². The van der Waals surface area contributed by atoms with Crippen molar-refractivity contribution in [2.75, 3.05) is 0 Å². The molecule has 0 aromatic carbocycles. The number of primary amides is 1. The first-order chi connectivity index (χ1) is 11.0. The molecule has 0 saturated carbocycles. The van der Waals surface area contributed by atoms with Crippen molar-refractivity contribution < 1.29 is 14.3 Å². The van der Waals surface area contributed by atoms with Crippen molar-refractivity contribution in [3.63, 3.8) is 0 Å². The average molecular weight is 353 g/mol. The fourth-order valence-corrected chi connectivity index (χ4v) is 4.03. The van der Waals surface area contributed by atoms with Crippen molar-refractivity contribution in [2.45, 2.75) is 64.6 Å². The van der Waals surface area contributed by atoms with E-state index in [9.17, 15) is 9.59 Å². The number of nitrogens with two attached hydrogens (primary N) is 1. The normalized spacial score (nSPS) is 27.4. The first kappa shape index (κ1) is 18.9. The highest BCUT2D eigenvalue weighted by molar-refractivity contribution is 7.09. The molecule has 2 rings (SSSR count). The number of esters is 1. The highest BCUT2D eigenvalue weighted by atomic mass is 32.1. The predicted molar refractivity (Wildman–Crippen MR) is 93.3 cm³/mol. The van der Waals surface area contributed by atoms with E-state index in [0.29, 0.717) is 12.8 Å². The van der Waals surface area contributed by atoms with Gasteiger partial charge in [0.25, 0.3) is 0 Å². The van der Waals surface area contributed by atoms with Crippen LogP contribution in [0.1, 0.15) is 58.5 Å². The maximum absolute atomic E-state index is 12.9. The second kappa shape index (κ2) is 6.80. The van der Waals surface area contributed by atoms with Crippen molar-refractivity contribution in [3.8, 4) is 0 Å². The van der Waals surface area contributed by atoms with E-state index in [0.717, 1.165) is 5.01 Å². The first-order valence-corrected chi connectivity index (χ1v) is 9.12. The monoisotopic (exact) mass is 353 g/mol. The summed E-state index contributed by atoms with van der Waals surface area (Å²) in [4.78, 5) is 29.2. The Morgan fingerprint density at radius 2 is 2.17 bits per heavy atom. The minimum Gasteiger partial charge on any atom is -0.459 e. The summed E-state index contributed by atoms with van der Waals surface area (Å²) in [5.41, 5.74) is 4.11. The maximum Gasteiger partial charge on any atom is 0.326 e. The van der Waals surface area contributed by atoms with Crippen LogP contribution in [0.25, 0.3) is 0 Å². The molecule has 1 amide bonds. The van der Waals surface area contributed by atoms with Gasteiger partial charge in [0.1, 0.15) is 16.1 Å². The molecule has 134 valence electrons. The Bertz CT molecular complexity index is 595. The Hall–Kier alpha value is -1.47. The summed E-state index contributed by atoms with van der Waals surface area (Å²) in [6, 6.07) is -0.353. The molecule has 0 radical (unpaired) electrons. The molecular weight excluding hydrogens is 326 g/mol. The zero-order valence-corrected chi connectivity index (χ0v) is 15.8. The van der Waals surface area contributed by atoms with E-state index in [-0.39, 0.29) is 17.9 Å². The highest BCUT2D eigenvalue weighted by Gasteiger charge is 2.54. The smallest absolute Gasteiger partial charge is 0.326 e. The van der Waals surface area contributed by atoms with Gasteiger partial charge in [-0.05, 0) is 39.5 Å². The molecule has 1 fully saturated rings. The quantitative estimate of drug-likeness (QED) is 0.793. The summed E-state index contributed by atoms with van der Waals surface area (Å²) in [7, 11) is 0. The van der Waals surface area contributed by atoms with E-state index < -0.39 is 23.0 Å². The lowest BCUT2D eigenvalue weighted by Crippen LogP contribution is -2.52.